The number of aromatic nitrogens is 1. The van der Waals surface area contributed by atoms with Gasteiger partial charge < -0.3 is 9.84 Å². The number of rotatable bonds is 4. The Balaban J connectivity index is 1.77. The Labute approximate surface area is 108 Å². The Kier molecular flexibility index (Phi) is 4.39. The van der Waals surface area contributed by atoms with Gasteiger partial charge in [-0.15, -0.1) is 0 Å². The molecule has 1 fully saturated rings. The van der Waals surface area contributed by atoms with E-state index in [1.54, 1.807) is 0 Å². The third-order valence-electron chi connectivity index (χ3n) is 3.75. The van der Waals surface area contributed by atoms with E-state index >= 15 is 0 Å². The summed E-state index contributed by atoms with van der Waals surface area (Å²) in [4.78, 5) is 11.9. The number of aryl methyl sites for hydroxylation is 2. The number of nitrogens with zero attached hydrogens (tertiary/aromatic N) is 1. The van der Waals surface area contributed by atoms with Gasteiger partial charge in [-0.1, -0.05) is 24.4 Å². The summed E-state index contributed by atoms with van der Waals surface area (Å²) in [5.41, 5.74) is 1.98. The normalized spacial score (nSPS) is 16.8. The Morgan fingerprint density at radius 3 is 2.67 bits per heavy atom. The first-order valence-corrected chi connectivity index (χ1v) is 6.88. The zero-order chi connectivity index (χ0) is 13.0. The van der Waals surface area contributed by atoms with Crippen LogP contribution >= 0.6 is 0 Å². The molecule has 0 unspecified atom stereocenters. The predicted octanol–water partition coefficient (Wildman–Crippen LogP) is 2.67. The molecular formula is C14H22N2O2. The van der Waals surface area contributed by atoms with Gasteiger partial charge in [0.25, 0.3) is 0 Å². The van der Waals surface area contributed by atoms with E-state index in [9.17, 15) is 4.79 Å². The SMILES string of the molecule is Cc1noc(C)c1CCC(=O)NC1CCCCC1. The highest BCUT2D eigenvalue weighted by molar-refractivity contribution is 5.76. The Bertz CT molecular complexity index is 386. The topological polar surface area (TPSA) is 55.1 Å². The van der Waals surface area contributed by atoms with Crippen LogP contribution < -0.4 is 5.32 Å². The lowest BCUT2D eigenvalue weighted by Crippen LogP contribution is -2.36. The first-order chi connectivity index (χ1) is 8.66. The number of hydrogen-bond donors (Lipinski definition) is 1. The largest absolute Gasteiger partial charge is 0.361 e. The molecular weight excluding hydrogens is 228 g/mol. The molecule has 100 valence electrons. The second-order valence-corrected chi connectivity index (χ2v) is 5.21. The molecule has 4 nitrogen and oxygen atoms in total. The third-order valence-corrected chi connectivity index (χ3v) is 3.75. The summed E-state index contributed by atoms with van der Waals surface area (Å²) < 4.78 is 5.10. The first kappa shape index (κ1) is 13.1. The fraction of sp³-hybridized carbons (Fsp3) is 0.714. The molecule has 0 bridgehead atoms. The van der Waals surface area contributed by atoms with Crippen molar-refractivity contribution >= 4 is 5.91 Å². The maximum atomic E-state index is 11.9. The lowest BCUT2D eigenvalue weighted by atomic mass is 9.95. The monoisotopic (exact) mass is 250 g/mol. The zero-order valence-corrected chi connectivity index (χ0v) is 11.3. The molecule has 1 aromatic rings. The van der Waals surface area contributed by atoms with Crippen LogP contribution in [0.4, 0.5) is 0 Å². The maximum Gasteiger partial charge on any atom is 0.220 e. The summed E-state index contributed by atoms with van der Waals surface area (Å²) >= 11 is 0. The maximum absolute atomic E-state index is 11.9. The third kappa shape index (κ3) is 3.34. The summed E-state index contributed by atoms with van der Waals surface area (Å²) in [6.07, 6.45) is 7.32. The molecule has 1 saturated carbocycles. The summed E-state index contributed by atoms with van der Waals surface area (Å²) in [6.45, 7) is 3.82. The van der Waals surface area contributed by atoms with Crippen LogP contribution in [-0.2, 0) is 11.2 Å². The zero-order valence-electron chi connectivity index (χ0n) is 11.3. The summed E-state index contributed by atoms with van der Waals surface area (Å²) in [7, 11) is 0. The van der Waals surface area contributed by atoms with Crippen LogP contribution in [0.3, 0.4) is 0 Å². The highest BCUT2D eigenvalue weighted by Gasteiger charge is 2.16. The molecule has 0 radical (unpaired) electrons. The average Bonchev–Trinajstić information content (AvgIpc) is 2.68. The van der Waals surface area contributed by atoms with E-state index in [4.69, 9.17) is 4.52 Å². The molecule has 0 saturated heterocycles. The van der Waals surface area contributed by atoms with E-state index in [-0.39, 0.29) is 5.91 Å². The molecule has 18 heavy (non-hydrogen) atoms. The van der Waals surface area contributed by atoms with Crippen molar-refractivity contribution in [1.82, 2.24) is 10.5 Å². The molecule has 0 aliphatic heterocycles. The lowest BCUT2D eigenvalue weighted by molar-refractivity contribution is -0.121. The second-order valence-electron chi connectivity index (χ2n) is 5.21. The molecule has 4 heteroatoms. The van der Waals surface area contributed by atoms with E-state index < -0.39 is 0 Å². The smallest absolute Gasteiger partial charge is 0.220 e. The highest BCUT2D eigenvalue weighted by atomic mass is 16.5. The number of carbonyl (C=O) groups is 1. The summed E-state index contributed by atoms with van der Waals surface area (Å²) in [6, 6.07) is 0.399. The van der Waals surface area contributed by atoms with Gasteiger partial charge in [0.15, 0.2) is 0 Å². The molecule has 1 heterocycles. The molecule has 1 aliphatic rings. The van der Waals surface area contributed by atoms with Crippen molar-refractivity contribution in [2.24, 2.45) is 0 Å². The van der Waals surface area contributed by atoms with Crippen LogP contribution in [0.15, 0.2) is 4.52 Å². The average molecular weight is 250 g/mol. The van der Waals surface area contributed by atoms with Crippen molar-refractivity contribution in [1.29, 1.82) is 0 Å². The van der Waals surface area contributed by atoms with Gasteiger partial charge in [0.05, 0.1) is 5.69 Å². The van der Waals surface area contributed by atoms with Crippen LogP contribution in [0.25, 0.3) is 0 Å². The minimum absolute atomic E-state index is 0.155. The van der Waals surface area contributed by atoms with E-state index in [1.165, 1.54) is 19.3 Å². The van der Waals surface area contributed by atoms with Gasteiger partial charge >= 0.3 is 0 Å². The van der Waals surface area contributed by atoms with Crippen LogP contribution in [0, 0.1) is 13.8 Å². The van der Waals surface area contributed by atoms with Gasteiger partial charge in [0.2, 0.25) is 5.91 Å². The van der Waals surface area contributed by atoms with E-state index in [0.717, 1.165) is 36.3 Å². The Hall–Kier alpha value is -1.32. The number of nitrogens with one attached hydrogen (secondary N) is 1. The quantitative estimate of drug-likeness (QED) is 0.893. The van der Waals surface area contributed by atoms with Gasteiger partial charge in [-0.25, -0.2) is 0 Å². The molecule has 0 spiro atoms. The number of carbonyl (C=O) groups excluding carboxylic acids is 1. The van der Waals surface area contributed by atoms with Gasteiger partial charge in [0, 0.05) is 18.0 Å². The molecule has 0 atom stereocenters. The van der Waals surface area contributed by atoms with Crippen molar-refractivity contribution < 1.29 is 9.32 Å². The molecule has 1 aliphatic carbocycles. The van der Waals surface area contributed by atoms with Crippen LogP contribution in [0.1, 0.15) is 55.5 Å². The van der Waals surface area contributed by atoms with Gasteiger partial charge in [-0.2, -0.15) is 0 Å². The highest BCUT2D eigenvalue weighted by Crippen LogP contribution is 2.18. The van der Waals surface area contributed by atoms with Crippen molar-refractivity contribution in [2.45, 2.75) is 64.8 Å². The first-order valence-electron chi connectivity index (χ1n) is 6.88. The molecule has 0 aromatic carbocycles. The van der Waals surface area contributed by atoms with Crippen molar-refractivity contribution in [3.63, 3.8) is 0 Å². The molecule has 1 amide bonds. The van der Waals surface area contributed by atoms with E-state index in [1.807, 2.05) is 13.8 Å². The second kappa shape index (κ2) is 6.03. The van der Waals surface area contributed by atoms with Crippen LogP contribution in [-0.4, -0.2) is 17.1 Å². The van der Waals surface area contributed by atoms with E-state index in [2.05, 4.69) is 10.5 Å². The fourth-order valence-corrected chi connectivity index (χ4v) is 2.64. The molecule has 1 aromatic heterocycles. The van der Waals surface area contributed by atoms with E-state index in [0.29, 0.717) is 12.5 Å². The molecule has 2 rings (SSSR count). The standard InChI is InChI=1S/C14H22N2O2/c1-10-13(11(2)18-16-10)8-9-14(17)15-12-6-4-3-5-7-12/h12H,3-9H2,1-2H3,(H,15,17). The predicted molar refractivity (Wildman–Crippen MR) is 69.3 cm³/mol. The lowest BCUT2D eigenvalue weighted by Gasteiger charge is -2.22. The van der Waals surface area contributed by atoms with Crippen molar-refractivity contribution in [3.05, 3.63) is 17.0 Å². The number of amides is 1. The van der Waals surface area contributed by atoms with Crippen molar-refractivity contribution in [2.75, 3.05) is 0 Å². The van der Waals surface area contributed by atoms with Crippen LogP contribution in [0.5, 0.6) is 0 Å². The summed E-state index contributed by atoms with van der Waals surface area (Å²) in [5.74, 6) is 0.986. The van der Waals surface area contributed by atoms with Gasteiger partial charge in [-0.3, -0.25) is 4.79 Å². The van der Waals surface area contributed by atoms with Gasteiger partial charge in [-0.05, 0) is 33.1 Å². The van der Waals surface area contributed by atoms with Crippen LogP contribution in [0.2, 0.25) is 0 Å². The Morgan fingerprint density at radius 1 is 1.33 bits per heavy atom. The van der Waals surface area contributed by atoms with Crippen molar-refractivity contribution in [3.8, 4) is 0 Å². The minimum atomic E-state index is 0.155. The molecule has 1 N–H and O–H groups in total. The number of hydrogen-bond acceptors (Lipinski definition) is 3. The summed E-state index contributed by atoms with van der Waals surface area (Å²) in [5, 5.41) is 7.03. The van der Waals surface area contributed by atoms with Gasteiger partial charge in [0.1, 0.15) is 5.76 Å². The Morgan fingerprint density at radius 2 is 2.06 bits per heavy atom. The fourth-order valence-electron chi connectivity index (χ4n) is 2.64. The minimum Gasteiger partial charge on any atom is -0.361 e.